The number of anilines is 1. The normalized spacial score (nSPS) is 16.4. The number of hydrogen-bond acceptors (Lipinski definition) is 6. The van der Waals surface area contributed by atoms with Crippen LogP contribution in [0.1, 0.15) is 43.2 Å². The summed E-state index contributed by atoms with van der Waals surface area (Å²) < 4.78 is 36.9. The molecule has 4 aromatic rings. The molecule has 0 amide bonds. The van der Waals surface area contributed by atoms with Crippen LogP contribution >= 0.6 is 0 Å². The van der Waals surface area contributed by atoms with Gasteiger partial charge in [-0.25, -0.2) is 8.78 Å². The molecule has 0 N–H and O–H groups in total. The first-order valence-electron chi connectivity index (χ1n) is 12.8. The molecular weight excluding hydrogens is 486 g/mol. The second-order valence-electron chi connectivity index (χ2n) is 10.3. The van der Waals surface area contributed by atoms with E-state index < -0.39 is 17.0 Å². The van der Waals surface area contributed by atoms with Crippen molar-refractivity contribution in [2.24, 2.45) is 5.41 Å². The quantitative estimate of drug-likeness (QED) is 0.242. The summed E-state index contributed by atoms with van der Waals surface area (Å²) in [4.78, 5) is 27.1. The van der Waals surface area contributed by atoms with Crippen molar-refractivity contribution in [3.8, 4) is 29.6 Å². The van der Waals surface area contributed by atoms with Gasteiger partial charge in [-0.05, 0) is 62.1 Å². The first kappa shape index (κ1) is 24.2. The number of fused-ring (bicyclic) bond motifs is 2. The molecule has 1 aliphatic heterocycles. The topological polar surface area (TPSA) is 68.2 Å². The number of carbonyl (C=O) groups excluding carboxylic acids is 1. The average Bonchev–Trinajstić information content (AvgIpc) is 3.73. The van der Waals surface area contributed by atoms with Crippen LogP contribution in [0.15, 0.2) is 30.5 Å². The van der Waals surface area contributed by atoms with Gasteiger partial charge in [0.2, 0.25) is 0 Å². The molecule has 1 saturated carbocycles. The Morgan fingerprint density at radius 2 is 1.95 bits per heavy atom. The molecular formula is C30H26F2N4O2. The molecule has 2 aromatic heterocycles. The van der Waals surface area contributed by atoms with E-state index in [0.717, 1.165) is 57.0 Å². The van der Waals surface area contributed by atoms with Crippen LogP contribution in [-0.2, 0) is 4.79 Å². The summed E-state index contributed by atoms with van der Waals surface area (Å²) in [5, 5.41) is 1.59. The third kappa shape index (κ3) is 4.12. The van der Waals surface area contributed by atoms with E-state index in [1.54, 1.807) is 18.3 Å². The Hall–Kier alpha value is -4.12. The fraction of sp³-hybridized carbons (Fsp3) is 0.333. The van der Waals surface area contributed by atoms with Gasteiger partial charge in [0.05, 0.1) is 16.4 Å². The van der Waals surface area contributed by atoms with Gasteiger partial charge < -0.3 is 14.4 Å². The molecule has 3 heterocycles. The van der Waals surface area contributed by atoms with E-state index in [1.165, 1.54) is 6.07 Å². The van der Waals surface area contributed by atoms with Gasteiger partial charge in [0.25, 0.3) is 0 Å². The van der Waals surface area contributed by atoms with Crippen molar-refractivity contribution in [2.45, 2.75) is 39.0 Å². The van der Waals surface area contributed by atoms with Crippen molar-refractivity contribution < 1.29 is 18.3 Å². The highest BCUT2D eigenvalue weighted by Gasteiger charge is 2.44. The molecule has 38 heavy (non-hydrogen) atoms. The van der Waals surface area contributed by atoms with E-state index in [4.69, 9.17) is 11.2 Å². The van der Waals surface area contributed by atoms with Crippen LogP contribution in [0.5, 0.6) is 6.01 Å². The SMILES string of the molecule is C#Cc1c(F)ccc2cc(C)cc(-c3ncc4c(N5CCCCC5)nc(OCC5(C=O)CC5)nc4c3F)c12. The zero-order chi connectivity index (χ0) is 26.4. The maximum atomic E-state index is 16.4. The largest absolute Gasteiger partial charge is 0.462 e. The van der Waals surface area contributed by atoms with Crippen LogP contribution < -0.4 is 9.64 Å². The Morgan fingerprint density at radius 1 is 1.16 bits per heavy atom. The lowest BCUT2D eigenvalue weighted by atomic mass is 9.94. The number of ether oxygens (including phenoxy) is 1. The van der Waals surface area contributed by atoms with Crippen molar-refractivity contribution in [1.82, 2.24) is 15.0 Å². The number of carbonyl (C=O) groups is 1. The molecule has 0 unspecified atom stereocenters. The Balaban J connectivity index is 1.56. The zero-order valence-electron chi connectivity index (χ0n) is 21.1. The Labute approximate surface area is 219 Å². The molecule has 8 heteroatoms. The summed E-state index contributed by atoms with van der Waals surface area (Å²) in [6.45, 7) is 3.58. The number of piperidine rings is 1. The number of pyridine rings is 1. The third-order valence-corrected chi connectivity index (χ3v) is 7.54. The number of halogens is 2. The second-order valence-corrected chi connectivity index (χ2v) is 10.3. The van der Waals surface area contributed by atoms with Crippen LogP contribution in [0.3, 0.4) is 0 Å². The number of rotatable bonds is 6. The van der Waals surface area contributed by atoms with Crippen molar-refractivity contribution >= 4 is 33.8 Å². The van der Waals surface area contributed by atoms with Crippen LogP contribution in [0.4, 0.5) is 14.6 Å². The molecule has 0 spiro atoms. The van der Waals surface area contributed by atoms with E-state index in [-0.39, 0.29) is 29.4 Å². The molecule has 192 valence electrons. The molecule has 1 aliphatic carbocycles. The summed E-state index contributed by atoms with van der Waals surface area (Å²) in [7, 11) is 0. The van der Waals surface area contributed by atoms with Crippen LogP contribution in [0.2, 0.25) is 0 Å². The van der Waals surface area contributed by atoms with Crippen molar-refractivity contribution in [2.75, 3.05) is 24.6 Å². The predicted molar refractivity (Wildman–Crippen MR) is 142 cm³/mol. The van der Waals surface area contributed by atoms with Gasteiger partial charge >= 0.3 is 6.01 Å². The molecule has 6 rings (SSSR count). The molecule has 1 saturated heterocycles. The number of aromatic nitrogens is 3. The number of aldehydes is 1. The van der Waals surface area contributed by atoms with Gasteiger partial charge in [-0.1, -0.05) is 18.1 Å². The maximum absolute atomic E-state index is 16.4. The Kier molecular flexibility index (Phi) is 5.94. The van der Waals surface area contributed by atoms with Gasteiger partial charge in [-0.3, -0.25) is 4.98 Å². The first-order valence-corrected chi connectivity index (χ1v) is 12.8. The number of hydrogen-bond donors (Lipinski definition) is 0. The Bertz CT molecular complexity index is 1640. The molecule has 2 aromatic carbocycles. The van der Waals surface area contributed by atoms with E-state index in [1.807, 2.05) is 13.0 Å². The molecule has 2 fully saturated rings. The first-order chi connectivity index (χ1) is 18.4. The summed E-state index contributed by atoms with van der Waals surface area (Å²) in [5.41, 5.74) is 0.877. The molecule has 2 aliphatic rings. The van der Waals surface area contributed by atoms with E-state index >= 15 is 4.39 Å². The highest BCUT2D eigenvalue weighted by molar-refractivity contribution is 6.02. The van der Waals surface area contributed by atoms with Crippen LogP contribution in [0, 0.1) is 36.3 Å². The average molecular weight is 513 g/mol. The lowest BCUT2D eigenvalue weighted by Crippen LogP contribution is -2.30. The fourth-order valence-electron chi connectivity index (χ4n) is 5.20. The Morgan fingerprint density at radius 3 is 2.66 bits per heavy atom. The minimum atomic E-state index is -0.663. The summed E-state index contributed by atoms with van der Waals surface area (Å²) >= 11 is 0. The maximum Gasteiger partial charge on any atom is 0.319 e. The molecule has 0 bridgehead atoms. The highest BCUT2D eigenvalue weighted by atomic mass is 19.1. The minimum Gasteiger partial charge on any atom is -0.462 e. The zero-order valence-corrected chi connectivity index (χ0v) is 21.1. The highest BCUT2D eigenvalue weighted by Crippen LogP contribution is 2.44. The molecule has 0 atom stereocenters. The third-order valence-electron chi connectivity index (χ3n) is 7.54. The van der Waals surface area contributed by atoms with Gasteiger partial charge in [0, 0.05) is 30.2 Å². The lowest BCUT2D eigenvalue weighted by molar-refractivity contribution is -0.113. The number of aryl methyl sites for hydroxylation is 1. The number of terminal acetylenes is 1. The van der Waals surface area contributed by atoms with E-state index in [2.05, 4.69) is 25.8 Å². The van der Waals surface area contributed by atoms with Crippen molar-refractivity contribution in [3.05, 3.63) is 53.2 Å². The minimum absolute atomic E-state index is 0.0201. The summed E-state index contributed by atoms with van der Waals surface area (Å²) in [6, 6.07) is 6.60. The van der Waals surface area contributed by atoms with Gasteiger partial charge in [-0.2, -0.15) is 9.97 Å². The predicted octanol–water partition coefficient (Wildman–Crippen LogP) is 5.76. The monoisotopic (exact) mass is 512 g/mol. The molecule has 0 radical (unpaired) electrons. The van der Waals surface area contributed by atoms with Gasteiger partial charge in [0.1, 0.15) is 35.7 Å². The lowest BCUT2D eigenvalue weighted by Gasteiger charge is -2.28. The summed E-state index contributed by atoms with van der Waals surface area (Å²) in [5.74, 6) is 1.76. The molecule has 6 nitrogen and oxygen atoms in total. The fourth-order valence-corrected chi connectivity index (χ4v) is 5.20. The van der Waals surface area contributed by atoms with Gasteiger partial charge in [-0.15, -0.1) is 6.42 Å². The van der Waals surface area contributed by atoms with E-state index in [9.17, 15) is 9.18 Å². The standard InChI is InChI=1S/C30H26F2N4O2/c1-3-20-23(31)8-7-19-13-18(2)14-21(24(19)20)26-25(32)27-22(15-33-26)28(36-11-5-4-6-12-36)35-29(34-27)38-17-30(16-37)9-10-30/h1,7-8,13-16H,4-6,9-12,17H2,2H3. The van der Waals surface area contributed by atoms with Crippen LogP contribution in [0.25, 0.3) is 32.9 Å². The van der Waals surface area contributed by atoms with Crippen molar-refractivity contribution in [1.29, 1.82) is 0 Å². The number of nitrogens with zero attached hydrogens (tertiary/aromatic N) is 4. The van der Waals surface area contributed by atoms with E-state index in [0.29, 0.717) is 27.5 Å². The smallest absolute Gasteiger partial charge is 0.319 e. The summed E-state index contributed by atoms with van der Waals surface area (Å²) in [6.07, 6.45) is 12.8. The second kappa shape index (κ2) is 9.32. The number of benzene rings is 2. The van der Waals surface area contributed by atoms with Crippen molar-refractivity contribution in [3.63, 3.8) is 0 Å². The van der Waals surface area contributed by atoms with Gasteiger partial charge in [0.15, 0.2) is 5.82 Å². The van der Waals surface area contributed by atoms with Crippen LogP contribution in [-0.4, -0.2) is 40.9 Å².